The highest BCUT2D eigenvalue weighted by Crippen LogP contribution is 2.30. The molecule has 0 aromatic heterocycles. The maximum absolute atomic E-state index is 6.21. The van der Waals surface area contributed by atoms with Crippen LogP contribution in [0.1, 0.15) is 12.5 Å². The Kier molecular flexibility index (Phi) is 2.44. The van der Waals surface area contributed by atoms with E-state index in [1.54, 1.807) is 0 Å². The fraction of sp³-hybridized carbons (Fsp3) is 0.455. The minimum atomic E-state index is -0.230. The van der Waals surface area contributed by atoms with Crippen molar-refractivity contribution in [2.24, 2.45) is 5.73 Å². The summed E-state index contributed by atoms with van der Waals surface area (Å²) in [5.41, 5.74) is 7.09. The molecule has 1 aliphatic heterocycles. The average molecular weight is 192 g/mol. The van der Waals surface area contributed by atoms with E-state index in [2.05, 4.69) is 5.32 Å². The van der Waals surface area contributed by atoms with E-state index in [1.165, 1.54) is 0 Å². The van der Waals surface area contributed by atoms with Crippen LogP contribution in [0.5, 0.6) is 5.75 Å². The Morgan fingerprint density at radius 1 is 1.43 bits per heavy atom. The summed E-state index contributed by atoms with van der Waals surface area (Å²) in [7, 11) is 0. The van der Waals surface area contributed by atoms with Gasteiger partial charge in [-0.25, -0.2) is 0 Å². The summed E-state index contributed by atoms with van der Waals surface area (Å²) in [5, 5.41) is 3.19. The maximum Gasteiger partial charge on any atom is 0.124 e. The fourth-order valence-electron chi connectivity index (χ4n) is 1.74. The third kappa shape index (κ3) is 1.49. The van der Waals surface area contributed by atoms with E-state index < -0.39 is 0 Å². The van der Waals surface area contributed by atoms with Crippen LogP contribution in [-0.2, 0) is 5.54 Å². The Morgan fingerprint density at radius 2 is 2.14 bits per heavy atom. The standard InChI is InChI=1S/C11H16N2O/c1-2-14-10-6-4-3-5-9(10)11(12)7-13-8-11/h3-6,13H,2,7-8,12H2,1H3. The van der Waals surface area contributed by atoms with Crippen LogP contribution in [0.25, 0.3) is 0 Å². The zero-order valence-corrected chi connectivity index (χ0v) is 8.42. The summed E-state index contributed by atoms with van der Waals surface area (Å²) in [5.74, 6) is 0.916. The molecule has 1 aromatic rings. The van der Waals surface area contributed by atoms with Gasteiger partial charge in [0.2, 0.25) is 0 Å². The molecule has 0 bridgehead atoms. The first-order chi connectivity index (χ1) is 6.76. The zero-order chi connectivity index (χ0) is 10.0. The molecule has 0 amide bonds. The van der Waals surface area contributed by atoms with Crippen molar-refractivity contribution in [1.82, 2.24) is 5.32 Å². The van der Waals surface area contributed by atoms with Crippen molar-refractivity contribution in [3.05, 3.63) is 29.8 Å². The second-order valence-electron chi connectivity index (χ2n) is 3.69. The molecular weight excluding hydrogens is 176 g/mol. The molecule has 1 aromatic carbocycles. The number of nitrogens with one attached hydrogen (secondary N) is 1. The molecule has 76 valence electrons. The first-order valence-corrected chi connectivity index (χ1v) is 4.98. The summed E-state index contributed by atoms with van der Waals surface area (Å²) < 4.78 is 5.55. The number of benzene rings is 1. The normalized spacial score (nSPS) is 18.7. The van der Waals surface area contributed by atoms with Gasteiger partial charge in [0, 0.05) is 18.7 Å². The molecule has 0 radical (unpaired) electrons. The van der Waals surface area contributed by atoms with Crippen molar-refractivity contribution in [3.8, 4) is 5.75 Å². The molecule has 0 saturated carbocycles. The second kappa shape index (κ2) is 3.59. The molecule has 1 fully saturated rings. The summed E-state index contributed by atoms with van der Waals surface area (Å²) in [6.07, 6.45) is 0. The number of nitrogens with two attached hydrogens (primary N) is 1. The smallest absolute Gasteiger partial charge is 0.124 e. The molecule has 3 nitrogen and oxygen atoms in total. The van der Waals surface area contributed by atoms with Gasteiger partial charge >= 0.3 is 0 Å². The number of hydrogen-bond acceptors (Lipinski definition) is 3. The van der Waals surface area contributed by atoms with Crippen molar-refractivity contribution in [2.45, 2.75) is 12.5 Å². The molecule has 2 rings (SSSR count). The van der Waals surface area contributed by atoms with Gasteiger partial charge < -0.3 is 15.8 Å². The average Bonchev–Trinajstić information content (AvgIpc) is 2.16. The molecule has 0 aliphatic carbocycles. The van der Waals surface area contributed by atoms with Gasteiger partial charge in [0.15, 0.2) is 0 Å². The van der Waals surface area contributed by atoms with Crippen LogP contribution in [0.3, 0.4) is 0 Å². The van der Waals surface area contributed by atoms with E-state index in [1.807, 2.05) is 31.2 Å². The number of para-hydroxylation sites is 1. The molecule has 3 N–H and O–H groups in total. The van der Waals surface area contributed by atoms with Crippen LogP contribution in [0, 0.1) is 0 Å². The molecule has 14 heavy (non-hydrogen) atoms. The Balaban J connectivity index is 2.31. The van der Waals surface area contributed by atoms with E-state index in [4.69, 9.17) is 10.5 Å². The largest absolute Gasteiger partial charge is 0.494 e. The second-order valence-corrected chi connectivity index (χ2v) is 3.69. The van der Waals surface area contributed by atoms with Gasteiger partial charge in [-0.05, 0) is 13.0 Å². The van der Waals surface area contributed by atoms with Crippen molar-refractivity contribution in [2.75, 3.05) is 19.7 Å². The van der Waals surface area contributed by atoms with Gasteiger partial charge in [0.1, 0.15) is 5.75 Å². The van der Waals surface area contributed by atoms with Gasteiger partial charge in [0.05, 0.1) is 12.1 Å². The van der Waals surface area contributed by atoms with Crippen LogP contribution < -0.4 is 15.8 Å². The van der Waals surface area contributed by atoms with Gasteiger partial charge in [-0.3, -0.25) is 0 Å². The van der Waals surface area contributed by atoms with E-state index in [9.17, 15) is 0 Å². The number of hydrogen-bond donors (Lipinski definition) is 2. The van der Waals surface area contributed by atoms with Crippen molar-refractivity contribution < 1.29 is 4.74 Å². The van der Waals surface area contributed by atoms with E-state index >= 15 is 0 Å². The SMILES string of the molecule is CCOc1ccccc1C1(N)CNC1. The molecular formula is C11H16N2O. The van der Waals surface area contributed by atoms with E-state index in [-0.39, 0.29) is 5.54 Å². The van der Waals surface area contributed by atoms with Crippen molar-refractivity contribution >= 4 is 0 Å². The molecule has 3 heteroatoms. The lowest BCUT2D eigenvalue weighted by Crippen LogP contribution is -2.62. The van der Waals surface area contributed by atoms with Crippen molar-refractivity contribution in [1.29, 1.82) is 0 Å². The topological polar surface area (TPSA) is 47.3 Å². The van der Waals surface area contributed by atoms with Crippen LogP contribution in [0.4, 0.5) is 0 Å². The minimum absolute atomic E-state index is 0.230. The third-order valence-corrected chi connectivity index (χ3v) is 2.60. The monoisotopic (exact) mass is 192 g/mol. The summed E-state index contributed by atoms with van der Waals surface area (Å²) in [6.45, 7) is 4.33. The Labute approximate surface area is 84.3 Å². The number of ether oxygens (including phenoxy) is 1. The maximum atomic E-state index is 6.21. The molecule has 0 unspecified atom stereocenters. The highest BCUT2D eigenvalue weighted by molar-refractivity contribution is 5.41. The first kappa shape index (κ1) is 9.49. The van der Waals surface area contributed by atoms with Gasteiger partial charge in [-0.1, -0.05) is 18.2 Å². The molecule has 1 heterocycles. The highest BCUT2D eigenvalue weighted by Gasteiger charge is 2.36. The zero-order valence-electron chi connectivity index (χ0n) is 8.42. The Hall–Kier alpha value is -1.06. The molecule has 0 atom stereocenters. The predicted molar refractivity (Wildman–Crippen MR) is 56.3 cm³/mol. The fourth-order valence-corrected chi connectivity index (χ4v) is 1.74. The van der Waals surface area contributed by atoms with Gasteiger partial charge in [0.25, 0.3) is 0 Å². The van der Waals surface area contributed by atoms with Crippen LogP contribution in [0.15, 0.2) is 24.3 Å². The molecule has 1 saturated heterocycles. The van der Waals surface area contributed by atoms with E-state index in [0.29, 0.717) is 6.61 Å². The van der Waals surface area contributed by atoms with Crippen molar-refractivity contribution in [3.63, 3.8) is 0 Å². The Morgan fingerprint density at radius 3 is 2.71 bits per heavy atom. The number of rotatable bonds is 3. The lowest BCUT2D eigenvalue weighted by atomic mass is 9.85. The molecule has 1 aliphatic rings. The first-order valence-electron chi connectivity index (χ1n) is 4.98. The Bertz CT molecular complexity index is 321. The van der Waals surface area contributed by atoms with Crippen LogP contribution in [-0.4, -0.2) is 19.7 Å². The summed E-state index contributed by atoms with van der Waals surface area (Å²) >= 11 is 0. The minimum Gasteiger partial charge on any atom is -0.494 e. The summed E-state index contributed by atoms with van der Waals surface area (Å²) in [4.78, 5) is 0. The lowest BCUT2D eigenvalue weighted by Gasteiger charge is -2.40. The lowest BCUT2D eigenvalue weighted by molar-refractivity contribution is 0.265. The molecule has 0 spiro atoms. The van der Waals surface area contributed by atoms with E-state index in [0.717, 1.165) is 24.4 Å². The summed E-state index contributed by atoms with van der Waals surface area (Å²) in [6, 6.07) is 8.01. The highest BCUT2D eigenvalue weighted by atomic mass is 16.5. The van der Waals surface area contributed by atoms with Crippen LogP contribution >= 0.6 is 0 Å². The van der Waals surface area contributed by atoms with Gasteiger partial charge in [-0.2, -0.15) is 0 Å². The van der Waals surface area contributed by atoms with Crippen LogP contribution in [0.2, 0.25) is 0 Å². The predicted octanol–water partition coefficient (Wildman–Crippen LogP) is 0.843. The quantitative estimate of drug-likeness (QED) is 0.746. The third-order valence-electron chi connectivity index (χ3n) is 2.60. The van der Waals surface area contributed by atoms with Gasteiger partial charge in [-0.15, -0.1) is 0 Å².